The van der Waals surface area contributed by atoms with Crippen LogP contribution in [0.25, 0.3) is 5.52 Å². The second kappa shape index (κ2) is 10.0. The molecule has 0 radical (unpaired) electrons. The zero-order valence-corrected chi connectivity index (χ0v) is 18.3. The Labute approximate surface area is 196 Å². The minimum atomic E-state index is -0.606. The third-order valence-electron chi connectivity index (χ3n) is 5.26. The van der Waals surface area contributed by atoms with Crippen molar-refractivity contribution in [2.24, 2.45) is 0 Å². The number of ether oxygens (including phenoxy) is 1. The van der Waals surface area contributed by atoms with Gasteiger partial charge in [-0.2, -0.15) is 5.26 Å². The number of nitriles is 1. The average Bonchev–Trinajstić information content (AvgIpc) is 3.20. The van der Waals surface area contributed by atoms with E-state index in [-0.39, 0.29) is 18.9 Å². The number of benzene rings is 2. The molecule has 0 bridgehead atoms. The quantitative estimate of drug-likeness (QED) is 0.393. The summed E-state index contributed by atoms with van der Waals surface area (Å²) < 4.78 is 7.30. The second-order valence-electron chi connectivity index (χ2n) is 7.42. The number of hydrogen-bond acceptors (Lipinski definition) is 4. The molecule has 0 aliphatic heterocycles. The number of pyridine rings is 1. The highest BCUT2D eigenvalue weighted by Crippen LogP contribution is 2.22. The fourth-order valence-electron chi connectivity index (χ4n) is 3.62. The minimum Gasteiger partial charge on any atom is -0.461 e. The summed E-state index contributed by atoms with van der Waals surface area (Å²) in [6, 6.07) is 23.0. The Hall–Kier alpha value is -4.08. The molecule has 2 aromatic heterocycles. The van der Waals surface area contributed by atoms with E-state index in [1.54, 1.807) is 30.5 Å². The molecule has 0 saturated heterocycles. The van der Waals surface area contributed by atoms with Crippen molar-refractivity contribution in [1.29, 1.82) is 5.26 Å². The van der Waals surface area contributed by atoms with E-state index in [1.807, 2.05) is 59.1 Å². The fraction of sp³-hybridized carbons (Fsp3) is 0.115. The average molecular weight is 458 g/mol. The molecule has 4 rings (SSSR count). The summed E-state index contributed by atoms with van der Waals surface area (Å²) in [6.07, 6.45) is 3.53. The SMILES string of the molecule is N#Cc1c(COC(=O)CC(NC(=O)c2ccccc2Cl)c2ccccc2)cn2ccccc12. The molecular formula is C26H20ClN3O3. The van der Waals surface area contributed by atoms with Crippen LogP contribution in [0.1, 0.15) is 39.5 Å². The smallest absolute Gasteiger partial charge is 0.308 e. The number of carbonyl (C=O) groups is 2. The maximum atomic E-state index is 12.8. The van der Waals surface area contributed by atoms with E-state index in [9.17, 15) is 14.9 Å². The third-order valence-corrected chi connectivity index (χ3v) is 5.59. The van der Waals surface area contributed by atoms with Gasteiger partial charge in [0.15, 0.2) is 0 Å². The zero-order chi connectivity index (χ0) is 23.2. The van der Waals surface area contributed by atoms with Gasteiger partial charge < -0.3 is 14.5 Å². The first-order valence-electron chi connectivity index (χ1n) is 10.3. The van der Waals surface area contributed by atoms with Gasteiger partial charge in [-0.15, -0.1) is 0 Å². The molecule has 0 spiro atoms. The van der Waals surface area contributed by atoms with Crippen molar-refractivity contribution in [1.82, 2.24) is 9.72 Å². The molecular weight excluding hydrogens is 438 g/mol. The van der Waals surface area contributed by atoms with Gasteiger partial charge in [0.05, 0.1) is 34.1 Å². The maximum Gasteiger partial charge on any atom is 0.308 e. The van der Waals surface area contributed by atoms with E-state index >= 15 is 0 Å². The Bertz CT molecular complexity index is 1340. The highest BCUT2D eigenvalue weighted by Gasteiger charge is 2.22. The molecule has 7 heteroatoms. The Morgan fingerprint density at radius 3 is 2.52 bits per heavy atom. The zero-order valence-electron chi connectivity index (χ0n) is 17.6. The number of halogens is 1. The Morgan fingerprint density at radius 1 is 1.03 bits per heavy atom. The summed E-state index contributed by atoms with van der Waals surface area (Å²) in [5, 5.41) is 12.7. The number of aromatic nitrogens is 1. The van der Waals surface area contributed by atoms with Gasteiger partial charge in [0, 0.05) is 18.0 Å². The minimum absolute atomic E-state index is 0.0383. The fourth-order valence-corrected chi connectivity index (χ4v) is 3.84. The maximum absolute atomic E-state index is 12.8. The first-order valence-corrected chi connectivity index (χ1v) is 10.7. The first kappa shape index (κ1) is 22.1. The number of rotatable bonds is 7. The summed E-state index contributed by atoms with van der Waals surface area (Å²) >= 11 is 6.15. The van der Waals surface area contributed by atoms with Gasteiger partial charge in [0.1, 0.15) is 12.7 Å². The van der Waals surface area contributed by atoms with Gasteiger partial charge in [-0.3, -0.25) is 9.59 Å². The van der Waals surface area contributed by atoms with Crippen LogP contribution >= 0.6 is 11.6 Å². The predicted molar refractivity (Wildman–Crippen MR) is 125 cm³/mol. The number of nitrogens with one attached hydrogen (secondary N) is 1. The van der Waals surface area contributed by atoms with E-state index in [2.05, 4.69) is 11.4 Å². The van der Waals surface area contributed by atoms with Crippen LogP contribution in [0.3, 0.4) is 0 Å². The summed E-state index contributed by atoms with van der Waals surface area (Å²) in [6.45, 7) is -0.0383. The van der Waals surface area contributed by atoms with E-state index in [4.69, 9.17) is 16.3 Å². The Morgan fingerprint density at radius 2 is 1.76 bits per heavy atom. The van der Waals surface area contributed by atoms with Crippen molar-refractivity contribution in [2.45, 2.75) is 19.1 Å². The monoisotopic (exact) mass is 457 g/mol. The van der Waals surface area contributed by atoms with Gasteiger partial charge in [0.25, 0.3) is 5.91 Å². The lowest BCUT2D eigenvalue weighted by Gasteiger charge is -2.19. The Kier molecular flexibility index (Phi) is 6.72. The molecule has 33 heavy (non-hydrogen) atoms. The van der Waals surface area contributed by atoms with Crippen molar-refractivity contribution in [3.63, 3.8) is 0 Å². The second-order valence-corrected chi connectivity index (χ2v) is 7.82. The summed E-state index contributed by atoms with van der Waals surface area (Å²) in [7, 11) is 0. The number of fused-ring (bicyclic) bond motifs is 1. The summed E-state index contributed by atoms with van der Waals surface area (Å²) in [4.78, 5) is 25.5. The lowest BCUT2D eigenvalue weighted by molar-refractivity contribution is -0.145. The van der Waals surface area contributed by atoms with Crippen LogP contribution in [0, 0.1) is 11.3 Å². The number of carbonyl (C=O) groups excluding carboxylic acids is 2. The lowest BCUT2D eigenvalue weighted by atomic mass is 10.0. The molecule has 1 unspecified atom stereocenters. The normalized spacial score (nSPS) is 11.5. The van der Waals surface area contributed by atoms with Gasteiger partial charge in [-0.25, -0.2) is 0 Å². The largest absolute Gasteiger partial charge is 0.461 e. The molecule has 1 amide bonds. The lowest BCUT2D eigenvalue weighted by Crippen LogP contribution is -2.30. The van der Waals surface area contributed by atoms with Crippen LogP contribution in [-0.2, 0) is 16.1 Å². The highest BCUT2D eigenvalue weighted by atomic mass is 35.5. The summed E-state index contributed by atoms with van der Waals surface area (Å²) in [5.41, 5.74) is 2.93. The van der Waals surface area contributed by atoms with Crippen LogP contribution in [0.2, 0.25) is 5.02 Å². The molecule has 0 aliphatic rings. The number of esters is 1. The Balaban J connectivity index is 1.49. The molecule has 6 nitrogen and oxygen atoms in total. The van der Waals surface area contributed by atoms with Crippen molar-refractivity contribution in [2.75, 3.05) is 0 Å². The van der Waals surface area contributed by atoms with Crippen LogP contribution in [-0.4, -0.2) is 16.3 Å². The van der Waals surface area contributed by atoms with Crippen molar-refractivity contribution in [3.8, 4) is 6.07 Å². The molecule has 0 aliphatic carbocycles. The van der Waals surface area contributed by atoms with Gasteiger partial charge in [0.2, 0.25) is 0 Å². The molecule has 1 atom stereocenters. The first-order chi connectivity index (χ1) is 16.1. The van der Waals surface area contributed by atoms with E-state index in [0.717, 1.165) is 11.1 Å². The standard InChI is InChI=1S/C26H20ClN3O3/c27-22-11-5-4-10-20(22)26(32)29-23(18-8-2-1-3-9-18)14-25(31)33-17-19-16-30-13-7-6-12-24(30)21(19)15-28/h1-13,16,23H,14,17H2,(H,29,32). The molecule has 2 aromatic carbocycles. The van der Waals surface area contributed by atoms with E-state index < -0.39 is 12.0 Å². The van der Waals surface area contributed by atoms with Crippen LogP contribution in [0.15, 0.2) is 85.2 Å². The molecule has 0 saturated carbocycles. The summed E-state index contributed by atoms with van der Waals surface area (Å²) in [5.74, 6) is -0.879. The van der Waals surface area contributed by atoms with Crippen LogP contribution in [0.5, 0.6) is 0 Å². The van der Waals surface area contributed by atoms with Gasteiger partial charge >= 0.3 is 5.97 Å². The van der Waals surface area contributed by atoms with Crippen molar-refractivity contribution in [3.05, 3.63) is 112 Å². The topological polar surface area (TPSA) is 83.6 Å². The number of hydrogen-bond donors (Lipinski definition) is 1. The van der Waals surface area contributed by atoms with Crippen molar-refractivity contribution < 1.29 is 14.3 Å². The van der Waals surface area contributed by atoms with E-state index in [0.29, 0.717) is 21.7 Å². The van der Waals surface area contributed by atoms with Crippen LogP contribution < -0.4 is 5.32 Å². The van der Waals surface area contributed by atoms with Gasteiger partial charge in [-0.1, -0.05) is 60.1 Å². The molecule has 164 valence electrons. The molecule has 0 fully saturated rings. The van der Waals surface area contributed by atoms with E-state index in [1.165, 1.54) is 0 Å². The third kappa shape index (κ3) is 5.05. The molecule has 1 N–H and O–H groups in total. The van der Waals surface area contributed by atoms with Crippen LogP contribution in [0.4, 0.5) is 0 Å². The van der Waals surface area contributed by atoms with Crippen molar-refractivity contribution >= 4 is 29.0 Å². The number of nitrogens with zero attached hydrogens (tertiary/aromatic N) is 2. The molecule has 2 heterocycles. The molecule has 4 aromatic rings. The number of amides is 1. The highest BCUT2D eigenvalue weighted by molar-refractivity contribution is 6.33. The van der Waals surface area contributed by atoms with Gasteiger partial charge in [-0.05, 0) is 29.8 Å². The predicted octanol–water partition coefficient (Wildman–Crippen LogP) is 5.07.